The van der Waals surface area contributed by atoms with Gasteiger partial charge in [0.25, 0.3) is 5.91 Å². The lowest BCUT2D eigenvalue weighted by Gasteiger charge is -2.18. The Morgan fingerprint density at radius 3 is 2.47 bits per heavy atom. The number of carbonyl (C=O) groups is 2. The molecular weight excluding hydrogens is 407 g/mol. The Labute approximate surface area is 186 Å². The number of rotatable bonds is 6. The molecule has 0 bridgehead atoms. The van der Waals surface area contributed by atoms with Gasteiger partial charge in [-0.2, -0.15) is 0 Å². The molecule has 32 heavy (non-hydrogen) atoms. The molecule has 0 aliphatic carbocycles. The molecule has 1 N–H and O–H groups in total. The van der Waals surface area contributed by atoms with E-state index in [-0.39, 0.29) is 29.5 Å². The second-order valence-corrected chi connectivity index (χ2v) is 7.91. The summed E-state index contributed by atoms with van der Waals surface area (Å²) in [6.45, 7) is 1.08. The summed E-state index contributed by atoms with van der Waals surface area (Å²) in [6.07, 6.45) is 0. The molecule has 0 aromatic heterocycles. The molecule has 1 fully saturated rings. The number of carbonyl (C=O) groups excluding carboxylic acids is 2. The van der Waals surface area contributed by atoms with Gasteiger partial charge in [0, 0.05) is 31.1 Å². The van der Waals surface area contributed by atoms with E-state index in [1.807, 2.05) is 30.3 Å². The third-order valence-electron chi connectivity index (χ3n) is 5.87. The van der Waals surface area contributed by atoms with Gasteiger partial charge >= 0.3 is 0 Å². The van der Waals surface area contributed by atoms with Crippen LogP contribution in [-0.4, -0.2) is 36.9 Å². The van der Waals surface area contributed by atoms with Gasteiger partial charge in [-0.05, 0) is 41.5 Å². The van der Waals surface area contributed by atoms with E-state index in [9.17, 15) is 14.0 Å². The van der Waals surface area contributed by atoms with Gasteiger partial charge in [-0.3, -0.25) is 9.59 Å². The number of nitrogens with one attached hydrogen (secondary N) is 1. The van der Waals surface area contributed by atoms with Crippen molar-refractivity contribution in [1.82, 2.24) is 10.2 Å². The van der Waals surface area contributed by atoms with Crippen molar-refractivity contribution in [2.24, 2.45) is 5.92 Å². The van der Waals surface area contributed by atoms with Crippen LogP contribution in [-0.2, 0) is 11.3 Å². The van der Waals surface area contributed by atoms with Crippen LogP contribution in [0.5, 0.6) is 5.75 Å². The van der Waals surface area contributed by atoms with Gasteiger partial charge < -0.3 is 15.0 Å². The molecule has 5 nitrogen and oxygen atoms in total. The number of amides is 2. The minimum atomic E-state index is -0.382. The number of benzene rings is 3. The van der Waals surface area contributed by atoms with Crippen LogP contribution in [0.3, 0.4) is 0 Å². The molecule has 1 aliphatic rings. The van der Waals surface area contributed by atoms with Crippen LogP contribution in [0.15, 0.2) is 78.9 Å². The Morgan fingerprint density at radius 2 is 1.75 bits per heavy atom. The average molecular weight is 432 g/mol. The molecule has 1 heterocycles. The molecule has 1 aliphatic heterocycles. The van der Waals surface area contributed by atoms with E-state index in [0.29, 0.717) is 30.9 Å². The van der Waals surface area contributed by atoms with Crippen molar-refractivity contribution in [2.75, 3.05) is 20.2 Å². The molecule has 0 radical (unpaired) electrons. The zero-order chi connectivity index (χ0) is 22.5. The lowest BCUT2D eigenvalue weighted by atomic mass is 9.88. The molecule has 3 aromatic rings. The van der Waals surface area contributed by atoms with Crippen molar-refractivity contribution in [3.8, 4) is 5.75 Å². The van der Waals surface area contributed by atoms with Crippen LogP contribution >= 0.6 is 0 Å². The van der Waals surface area contributed by atoms with Gasteiger partial charge in [0.1, 0.15) is 11.6 Å². The summed E-state index contributed by atoms with van der Waals surface area (Å²) in [5.41, 5.74) is 2.37. The first-order valence-corrected chi connectivity index (χ1v) is 10.6. The topological polar surface area (TPSA) is 58.6 Å². The number of halogens is 1. The smallest absolute Gasteiger partial charge is 0.254 e. The minimum absolute atomic E-state index is 0.112. The molecule has 2 atom stereocenters. The summed E-state index contributed by atoms with van der Waals surface area (Å²) in [4.78, 5) is 28.0. The van der Waals surface area contributed by atoms with Crippen LogP contribution in [0, 0.1) is 11.7 Å². The van der Waals surface area contributed by atoms with E-state index in [0.717, 1.165) is 11.1 Å². The van der Waals surface area contributed by atoms with E-state index in [2.05, 4.69) is 5.32 Å². The Balaban J connectivity index is 1.52. The molecule has 6 heteroatoms. The predicted octanol–water partition coefficient (Wildman–Crippen LogP) is 4.01. The second-order valence-electron chi connectivity index (χ2n) is 7.91. The zero-order valence-corrected chi connectivity index (χ0v) is 17.8. The lowest BCUT2D eigenvalue weighted by molar-refractivity contribution is -0.125. The molecule has 0 spiro atoms. The molecule has 0 saturated carbocycles. The SMILES string of the molecule is COc1cccc(C(=O)N2C[C@H](c3ccccc3)[C@H](C(=O)NCc3ccc(F)cc3)C2)c1. The third kappa shape index (κ3) is 4.80. The first kappa shape index (κ1) is 21.6. The van der Waals surface area contributed by atoms with E-state index in [4.69, 9.17) is 4.74 Å². The number of hydrogen-bond acceptors (Lipinski definition) is 3. The summed E-state index contributed by atoms with van der Waals surface area (Å²) in [5, 5.41) is 2.96. The largest absolute Gasteiger partial charge is 0.497 e. The summed E-state index contributed by atoms with van der Waals surface area (Å²) in [6, 6.07) is 22.9. The maximum Gasteiger partial charge on any atom is 0.254 e. The van der Waals surface area contributed by atoms with Gasteiger partial charge in [0.15, 0.2) is 0 Å². The fraction of sp³-hybridized carbons (Fsp3) is 0.231. The highest BCUT2D eigenvalue weighted by Gasteiger charge is 2.40. The van der Waals surface area contributed by atoms with Crippen LogP contribution in [0.1, 0.15) is 27.4 Å². The van der Waals surface area contributed by atoms with Crippen molar-refractivity contribution in [1.29, 1.82) is 0 Å². The monoisotopic (exact) mass is 432 g/mol. The Bertz CT molecular complexity index is 1090. The Kier molecular flexibility index (Phi) is 6.50. The minimum Gasteiger partial charge on any atom is -0.497 e. The quantitative estimate of drug-likeness (QED) is 0.640. The van der Waals surface area contributed by atoms with Gasteiger partial charge in [-0.15, -0.1) is 0 Å². The fourth-order valence-electron chi connectivity index (χ4n) is 4.13. The van der Waals surface area contributed by atoms with Gasteiger partial charge in [-0.25, -0.2) is 4.39 Å². The predicted molar refractivity (Wildman–Crippen MR) is 120 cm³/mol. The number of ether oxygens (including phenoxy) is 1. The molecular formula is C26H25FN2O3. The van der Waals surface area contributed by atoms with Gasteiger partial charge in [-0.1, -0.05) is 48.5 Å². The molecule has 0 unspecified atom stereocenters. The number of hydrogen-bond donors (Lipinski definition) is 1. The van der Waals surface area contributed by atoms with Crippen LogP contribution in [0.2, 0.25) is 0 Å². The first-order valence-electron chi connectivity index (χ1n) is 10.6. The zero-order valence-electron chi connectivity index (χ0n) is 17.8. The molecule has 164 valence electrons. The van der Waals surface area contributed by atoms with Crippen LogP contribution in [0.4, 0.5) is 4.39 Å². The lowest BCUT2D eigenvalue weighted by Crippen LogP contribution is -2.35. The van der Waals surface area contributed by atoms with E-state index >= 15 is 0 Å². The van der Waals surface area contributed by atoms with E-state index in [1.165, 1.54) is 12.1 Å². The molecule has 2 amide bonds. The van der Waals surface area contributed by atoms with Crippen LogP contribution in [0.25, 0.3) is 0 Å². The summed E-state index contributed by atoms with van der Waals surface area (Å²) >= 11 is 0. The number of nitrogens with zero attached hydrogens (tertiary/aromatic N) is 1. The highest BCUT2D eigenvalue weighted by Crippen LogP contribution is 2.34. The van der Waals surface area contributed by atoms with Gasteiger partial charge in [0.05, 0.1) is 13.0 Å². The number of methoxy groups -OCH3 is 1. The number of likely N-dealkylation sites (tertiary alicyclic amines) is 1. The third-order valence-corrected chi connectivity index (χ3v) is 5.87. The van der Waals surface area contributed by atoms with E-state index < -0.39 is 0 Å². The normalized spacial score (nSPS) is 17.8. The summed E-state index contributed by atoms with van der Waals surface area (Å²) in [7, 11) is 1.56. The fourth-order valence-corrected chi connectivity index (χ4v) is 4.13. The Hall–Kier alpha value is -3.67. The second kappa shape index (κ2) is 9.64. The van der Waals surface area contributed by atoms with Gasteiger partial charge in [0.2, 0.25) is 5.91 Å². The van der Waals surface area contributed by atoms with Crippen LogP contribution < -0.4 is 10.1 Å². The van der Waals surface area contributed by atoms with Crippen molar-refractivity contribution >= 4 is 11.8 Å². The van der Waals surface area contributed by atoms with Crippen molar-refractivity contribution in [3.05, 3.63) is 101 Å². The molecule has 1 saturated heterocycles. The van der Waals surface area contributed by atoms with Crippen molar-refractivity contribution < 1.29 is 18.7 Å². The average Bonchev–Trinajstić information content (AvgIpc) is 3.29. The Morgan fingerprint density at radius 1 is 1.00 bits per heavy atom. The maximum atomic E-state index is 13.2. The van der Waals surface area contributed by atoms with Crippen molar-refractivity contribution in [3.63, 3.8) is 0 Å². The highest BCUT2D eigenvalue weighted by molar-refractivity contribution is 5.95. The van der Waals surface area contributed by atoms with Crippen molar-refractivity contribution in [2.45, 2.75) is 12.5 Å². The first-order chi connectivity index (χ1) is 15.5. The molecule has 4 rings (SSSR count). The summed E-state index contributed by atoms with van der Waals surface area (Å²) < 4.78 is 18.4. The maximum absolute atomic E-state index is 13.2. The van der Waals surface area contributed by atoms with E-state index in [1.54, 1.807) is 48.4 Å². The molecule has 3 aromatic carbocycles. The standard InChI is InChI=1S/C26H25FN2O3/c1-32-22-9-5-8-20(14-22)26(31)29-16-23(19-6-3-2-4-7-19)24(17-29)25(30)28-15-18-10-12-21(27)13-11-18/h2-14,23-24H,15-17H2,1H3,(H,28,30)/t23-,24-/m1/s1. The highest BCUT2D eigenvalue weighted by atomic mass is 19.1. The summed E-state index contributed by atoms with van der Waals surface area (Å²) in [5.74, 6) is -0.441.